The molecular formula is C18H21N3O2S. The number of aromatic nitrogens is 1. The molecule has 1 aromatic heterocycles. The number of carbonyl (C=O) groups excluding carboxylic acids is 2. The number of aryl methyl sites for hydroxylation is 1. The molecule has 1 atom stereocenters. The smallest absolute Gasteiger partial charge is 0.245 e. The minimum atomic E-state index is -0.434. The Kier molecular flexibility index (Phi) is 4.66. The Hall–Kier alpha value is -2.21. The molecule has 2 heterocycles. The molecule has 5 nitrogen and oxygen atoms in total. The molecule has 1 aliphatic rings. The third-order valence-corrected chi connectivity index (χ3v) is 5.27. The molecule has 0 bridgehead atoms. The zero-order valence-corrected chi connectivity index (χ0v) is 15.0. The summed E-state index contributed by atoms with van der Waals surface area (Å²) in [6.07, 6.45) is 2.38. The molecular weight excluding hydrogens is 322 g/mol. The minimum absolute atomic E-state index is 0.0224. The first-order chi connectivity index (χ1) is 11.5. The lowest BCUT2D eigenvalue weighted by atomic mass is 9.93. The van der Waals surface area contributed by atoms with E-state index in [0.717, 1.165) is 21.0 Å². The van der Waals surface area contributed by atoms with Gasteiger partial charge in [0.1, 0.15) is 6.04 Å². The second kappa shape index (κ2) is 6.73. The van der Waals surface area contributed by atoms with Gasteiger partial charge in [-0.05, 0) is 18.1 Å². The number of amides is 2. The van der Waals surface area contributed by atoms with Crippen LogP contribution in [0.2, 0.25) is 0 Å². The van der Waals surface area contributed by atoms with Crippen molar-refractivity contribution < 1.29 is 9.59 Å². The topological polar surface area (TPSA) is 53.5 Å². The Morgan fingerprint density at radius 2 is 2.04 bits per heavy atom. The van der Waals surface area contributed by atoms with Gasteiger partial charge < -0.3 is 9.80 Å². The van der Waals surface area contributed by atoms with Gasteiger partial charge in [-0.3, -0.25) is 9.59 Å². The van der Waals surface area contributed by atoms with Crippen molar-refractivity contribution in [1.29, 1.82) is 0 Å². The summed E-state index contributed by atoms with van der Waals surface area (Å²) in [6, 6.07) is 7.58. The molecule has 126 valence electrons. The predicted octanol–water partition coefficient (Wildman–Crippen LogP) is 2.38. The SMILES string of the molecule is CC(=O)N1Cc2ccccc2C[C@H]1C(=O)N(C)Cc1cnc(C)s1. The fourth-order valence-electron chi connectivity index (χ4n) is 3.12. The fraction of sp³-hybridized carbons (Fsp3) is 0.389. The van der Waals surface area contributed by atoms with Gasteiger partial charge in [-0.15, -0.1) is 11.3 Å². The summed E-state index contributed by atoms with van der Waals surface area (Å²) in [6.45, 7) is 4.50. The first-order valence-electron chi connectivity index (χ1n) is 7.96. The van der Waals surface area contributed by atoms with Crippen molar-refractivity contribution in [3.63, 3.8) is 0 Å². The van der Waals surface area contributed by atoms with Crippen molar-refractivity contribution in [3.8, 4) is 0 Å². The van der Waals surface area contributed by atoms with Crippen molar-refractivity contribution in [3.05, 3.63) is 51.5 Å². The molecule has 2 aromatic rings. The highest BCUT2D eigenvalue weighted by atomic mass is 32.1. The number of carbonyl (C=O) groups is 2. The average Bonchev–Trinajstić information content (AvgIpc) is 2.97. The number of thiazole rings is 1. The Balaban J connectivity index is 1.80. The zero-order chi connectivity index (χ0) is 17.3. The summed E-state index contributed by atoms with van der Waals surface area (Å²) in [5, 5.41) is 0.989. The summed E-state index contributed by atoms with van der Waals surface area (Å²) in [7, 11) is 1.79. The molecule has 0 unspecified atom stereocenters. The van der Waals surface area contributed by atoms with Crippen molar-refractivity contribution in [1.82, 2.24) is 14.8 Å². The van der Waals surface area contributed by atoms with Crippen LogP contribution in [0.3, 0.4) is 0 Å². The molecule has 0 saturated heterocycles. The van der Waals surface area contributed by atoms with E-state index < -0.39 is 6.04 Å². The van der Waals surface area contributed by atoms with Gasteiger partial charge in [-0.2, -0.15) is 0 Å². The van der Waals surface area contributed by atoms with Crippen LogP contribution in [0.1, 0.15) is 27.9 Å². The van der Waals surface area contributed by atoms with Crippen molar-refractivity contribution in [2.75, 3.05) is 7.05 Å². The number of fused-ring (bicyclic) bond motifs is 1. The van der Waals surface area contributed by atoms with E-state index in [0.29, 0.717) is 19.5 Å². The molecule has 1 aliphatic heterocycles. The van der Waals surface area contributed by atoms with Gasteiger partial charge >= 0.3 is 0 Å². The van der Waals surface area contributed by atoms with Crippen molar-refractivity contribution >= 4 is 23.2 Å². The molecule has 0 N–H and O–H groups in total. The first kappa shape index (κ1) is 16.6. The molecule has 3 rings (SSSR count). The molecule has 0 radical (unpaired) electrons. The number of rotatable bonds is 3. The van der Waals surface area contributed by atoms with Gasteiger partial charge in [0.2, 0.25) is 11.8 Å². The van der Waals surface area contributed by atoms with E-state index in [1.807, 2.05) is 37.4 Å². The standard InChI is InChI=1S/C18H21N3O2S/c1-12-19-9-16(24-12)11-20(3)18(23)17-8-14-6-4-5-7-15(14)10-21(17)13(2)22/h4-7,9,17H,8,10-11H2,1-3H3/t17-/m0/s1. The monoisotopic (exact) mass is 343 g/mol. The lowest BCUT2D eigenvalue weighted by Gasteiger charge is -2.37. The molecule has 0 saturated carbocycles. The van der Waals surface area contributed by atoms with Crippen molar-refractivity contribution in [2.45, 2.75) is 39.4 Å². The summed E-state index contributed by atoms with van der Waals surface area (Å²) < 4.78 is 0. The van der Waals surface area contributed by atoms with Crippen LogP contribution in [-0.4, -0.2) is 39.7 Å². The quantitative estimate of drug-likeness (QED) is 0.860. The number of hydrogen-bond acceptors (Lipinski definition) is 4. The summed E-state index contributed by atoms with van der Waals surface area (Å²) >= 11 is 1.59. The lowest BCUT2D eigenvalue weighted by Crippen LogP contribution is -2.52. The molecule has 0 fully saturated rings. The van der Waals surface area contributed by atoms with Crippen LogP contribution < -0.4 is 0 Å². The van der Waals surface area contributed by atoms with Crippen LogP contribution in [0.5, 0.6) is 0 Å². The zero-order valence-electron chi connectivity index (χ0n) is 14.2. The van der Waals surface area contributed by atoms with E-state index in [2.05, 4.69) is 4.98 Å². The van der Waals surface area contributed by atoms with Gasteiger partial charge in [0.05, 0.1) is 11.6 Å². The molecule has 0 aliphatic carbocycles. The Morgan fingerprint density at radius 1 is 1.33 bits per heavy atom. The third-order valence-electron chi connectivity index (χ3n) is 4.38. The maximum atomic E-state index is 13.0. The molecule has 2 amide bonds. The fourth-order valence-corrected chi connectivity index (χ4v) is 3.97. The number of hydrogen-bond donors (Lipinski definition) is 0. The van der Waals surface area contributed by atoms with E-state index >= 15 is 0 Å². The summed E-state index contributed by atoms with van der Waals surface area (Å²) in [5.41, 5.74) is 2.27. The Labute approximate surface area is 145 Å². The first-order valence-corrected chi connectivity index (χ1v) is 8.77. The molecule has 6 heteroatoms. The van der Waals surface area contributed by atoms with E-state index in [1.54, 1.807) is 28.2 Å². The maximum Gasteiger partial charge on any atom is 0.245 e. The highest BCUT2D eigenvalue weighted by Gasteiger charge is 2.34. The normalized spacial score (nSPS) is 16.6. The Bertz CT molecular complexity index is 771. The van der Waals surface area contributed by atoms with Gasteiger partial charge in [0.15, 0.2) is 0 Å². The minimum Gasteiger partial charge on any atom is -0.339 e. The highest BCUT2D eigenvalue weighted by Crippen LogP contribution is 2.25. The average molecular weight is 343 g/mol. The largest absolute Gasteiger partial charge is 0.339 e. The van der Waals surface area contributed by atoms with E-state index in [1.165, 1.54) is 6.92 Å². The van der Waals surface area contributed by atoms with Crippen molar-refractivity contribution in [2.24, 2.45) is 0 Å². The number of nitrogens with zero attached hydrogens (tertiary/aromatic N) is 3. The lowest BCUT2D eigenvalue weighted by molar-refractivity contribution is -0.145. The van der Waals surface area contributed by atoms with Crippen LogP contribution in [0.4, 0.5) is 0 Å². The van der Waals surface area contributed by atoms with Gasteiger partial charge in [0, 0.05) is 38.0 Å². The van der Waals surface area contributed by atoms with Crippen LogP contribution in [0, 0.1) is 6.92 Å². The second-order valence-electron chi connectivity index (χ2n) is 6.18. The van der Waals surface area contributed by atoms with Gasteiger partial charge in [-0.25, -0.2) is 4.98 Å². The van der Waals surface area contributed by atoms with Gasteiger partial charge in [0.25, 0.3) is 0 Å². The molecule has 0 spiro atoms. The summed E-state index contributed by atoms with van der Waals surface area (Å²) in [5.74, 6) is -0.0874. The number of benzene rings is 1. The number of likely N-dealkylation sites (N-methyl/N-ethyl adjacent to an activating group) is 1. The highest BCUT2D eigenvalue weighted by molar-refractivity contribution is 7.11. The Morgan fingerprint density at radius 3 is 2.67 bits per heavy atom. The third kappa shape index (κ3) is 3.33. The van der Waals surface area contributed by atoms with E-state index in [-0.39, 0.29) is 11.8 Å². The van der Waals surface area contributed by atoms with Crippen LogP contribution in [-0.2, 0) is 29.1 Å². The predicted molar refractivity (Wildman–Crippen MR) is 93.5 cm³/mol. The van der Waals surface area contributed by atoms with E-state index in [4.69, 9.17) is 0 Å². The second-order valence-corrected chi connectivity index (χ2v) is 7.49. The van der Waals surface area contributed by atoms with E-state index in [9.17, 15) is 9.59 Å². The van der Waals surface area contributed by atoms with Crippen LogP contribution in [0.15, 0.2) is 30.5 Å². The molecule has 24 heavy (non-hydrogen) atoms. The van der Waals surface area contributed by atoms with Crippen LogP contribution >= 0.6 is 11.3 Å². The molecule has 1 aromatic carbocycles. The maximum absolute atomic E-state index is 13.0. The summed E-state index contributed by atoms with van der Waals surface area (Å²) in [4.78, 5) is 33.7. The van der Waals surface area contributed by atoms with Crippen LogP contribution in [0.25, 0.3) is 0 Å². The van der Waals surface area contributed by atoms with Gasteiger partial charge in [-0.1, -0.05) is 24.3 Å².